The molecule has 1 aromatic heterocycles. The lowest BCUT2D eigenvalue weighted by atomic mass is 10.1. The van der Waals surface area contributed by atoms with Crippen molar-refractivity contribution in [3.63, 3.8) is 0 Å². The van der Waals surface area contributed by atoms with Crippen LogP contribution >= 0.6 is 22.9 Å². The molecule has 0 fully saturated rings. The Morgan fingerprint density at radius 1 is 1.33 bits per heavy atom. The van der Waals surface area contributed by atoms with Gasteiger partial charge >= 0.3 is 0 Å². The van der Waals surface area contributed by atoms with E-state index in [2.05, 4.69) is 5.32 Å². The summed E-state index contributed by atoms with van der Waals surface area (Å²) in [6.07, 6.45) is 0. The summed E-state index contributed by atoms with van der Waals surface area (Å²) < 4.78 is 0. The van der Waals surface area contributed by atoms with Gasteiger partial charge in [0.15, 0.2) is 0 Å². The zero-order chi connectivity index (χ0) is 13.3. The van der Waals surface area contributed by atoms with Crippen molar-refractivity contribution in [3.05, 3.63) is 44.6 Å². The van der Waals surface area contributed by atoms with Gasteiger partial charge in [-0.2, -0.15) is 0 Å². The number of amides is 1. The number of aryl methyl sites for hydroxylation is 2. The summed E-state index contributed by atoms with van der Waals surface area (Å²) in [5.41, 5.74) is 9.11. The second kappa shape index (κ2) is 5.00. The number of thiophene rings is 1. The van der Waals surface area contributed by atoms with Crippen LogP contribution < -0.4 is 11.1 Å². The number of hydrogen-bond acceptors (Lipinski definition) is 3. The summed E-state index contributed by atoms with van der Waals surface area (Å²) in [4.78, 5) is 12.6. The van der Waals surface area contributed by atoms with Gasteiger partial charge in [0, 0.05) is 11.4 Å². The van der Waals surface area contributed by atoms with E-state index in [1.165, 1.54) is 11.3 Å². The van der Waals surface area contributed by atoms with Crippen molar-refractivity contribution in [1.29, 1.82) is 0 Å². The van der Waals surface area contributed by atoms with Crippen LogP contribution in [0.25, 0.3) is 0 Å². The minimum Gasteiger partial charge on any atom is -0.399 e. The first kappa shape index (κ1) is 12.9. The molecule has 94 valence electrons. The van der Waals surface area contributed by atoms with Gasteiger partial charge in [-0.25, -0.2) is 0 Å². The zero-order valence-corrected chi connectivity index (χ0v) is 11.7. The molecule has 0 unspecified atom stereocenters. The molecule has 0 aliphatic heterocycles. The van der Waals surface area contributed by atoms with Gasteiger partial charge in [-0.05, 0) is 48.6 Å². The number of nitrogen functional groups attached to an aromatic ring is 1. The van der Waals surface area contributed by atoms with Crippen LogP contribution in [0.5, 0.6) is 0 Å². The zero-order valence-electron chi connectivity index (χ0n) is 10.1. The minimum absolute atomic E-state index is 0.189. The molecule has 0 aliphatic carbocycles. The Bertz CT molecular complexity index is 584. The van der Waals surface area contributed by atoms with Gasteiger partial charge < -0.3 is 11.1 Å². The molecule has 1 aromatic carbocycles. The van der Waals surface area contributed by atoms with Crippen LogP contribution in [-0.4, -0.2) is 5.91 Å². The van der Waals surface area contributed by atoms with Gasteiger partial charge in [0.1, 0.15) is 4.88 Å². The Hall–Kier alpha value is -1.52. The third-order valence-corrected chi connectivity index (χ3v) is 3.96. The van der Waals surface area contributed by atoms with E-state index in [1.54, 1.807) is 11.4 Å². The highest BCUT2D eigenvalue weighted by molar-refractivity contribution is 7.12. The van der Waals surface area contributed by atoms with E-state index in [0.717, 1.165) is 16.8 Å². The summed E-state index contributed by atoms with van der Waals surface area (Å²) in [7, 11) is 0. The molecule has 0 radical (unpaired) electrons. The van der Waals surface area contributed by atoms with Gasteiger partial charge in [0.2, 0.25) is 0 Å². The molecule has 0 bridgehead atoms. The standard InChI is InChI=1S/C13H13ClN2OS/c1-7-5-9(15)6-8(2)11(7)16-13(17)12-10(14)3-4-18-12/h3-6H,15H2,1-2H3,(H,16,17). The van der Waals surface area contributed by atoms with Gasteiger partial charge in [-0.3, -0.25) is 4.79 Å². The summed E-state index contributed by atoms with van der Waals surface area (Å²) in [5.74, 6) is -0.189. The van der Waals surface area contributed by atoms with E-state index in [4.69, 9.17) is 17.3 Å². The highest BCUT2D eigenvalue weighted by atomic mass is 35.5. The third-order valence-electron chi connectivity index (χ3n) is 2.62. The number of nitrogens with two attached hydrogens (primary N) is 1. The van der Waals surface area contributed by atoms with E-state index in [1.807, 2.05) is 26.0 Å². The molecule has 18 heavy (non-hydrogen) atoms. The first-order valence-corrected chi connectivity index (χ1v) is 6.66. The van der Waals surface area contributed by atoms with Crippen molar-refractivity contribution in [3.8, 4) is 0 Å². The first-order valence-electron chi connectivity index (χ1n) is 5.40. The van der Waals surface area contributed by atoms with Crippen LogP contribution in [0.2, 0.25) is 5.02 Å². The molecular formula is C13H13ClN2OS. The maximum Gasteiger partial charge on any atom is 0.267 e. The number of benzene rings is 1. The number of anilines is 2. The predicted octanol–water partition coefficient (Wildman–Crippen LogP) is 3.85. The third kappa shape index (κ3) is 2.49. The SMILES string of the molecule is Cc1cc(N)cc(C)c1NC(=O)c1sccc1Cl. The fourth-order valence-corrected chi connectivity index (χ4v) is 2.86. The number of rotatable bonds is 2. The lowest BCUT2D eigenvalue weighted by Gasteiger charge is -2.12. The second-order valence-electron chi connectivity index (χ2n) is 4.08. The number of hydrogen-bond donors (Lipinski definition) is 2. The van der Waals surface area contributed by atoms with E-state index < -0.39 is 0 Å². The number of carbonyl (C=O) groups excluding carboxylic acids is 1. The summed E-state index contributed by atoms with van der Waals surface area (Å²) in [6.45, 7) is 3.82. The lowest BCUT2D eigenvalue weighted by Crippen LogP contribution is -2.13. The smallest absolute Gasteiger partial charge is 0.267 e. The largest absolute Gasteiger partial charge is 0.399 e. The number of carbonyl (C=O) groups is 1. The molecule has 0 atom stereocenters. The Morgan fingerprint density at radius 2 is 1.94 bits per heavy atom. The van der Waals surface area contributed by atoms with Crippen LogP contribution in [0.4, 0.5) is 11.4 Å². The monoisotopic (exact) mass is 280 g/mol. The number of nitrogens with one attached hydrogen (secondary N) is 1. The molecular weight excluding hydrogens is 268 g/mol. The van der Waals surface area contributed by atoms with Crippen molar-refractivity contribution >= 4 is 40.2 Å². The maximum atomic E-state index is 12.1. The van der Waals surface area contributed by atoms with Crippen molar-refractivity contribution in [2.75, 3.05) is 11.1 Å². The average Bonchev–Trinajstić information content (AvgIpc) is 2.69. The van der Waals surface area contributed by atoms with Crippen molar-refractivity contribution < 1.29 is 4.79 Å². The van der Waals surface area contributed by atoms with Gasteiger partial charge in [-0.15, -0.1) is 11.3 Å². The summed E-state index contributed by atoms with van der Waals surface area (Å²) in [6, 6.07) is 5.38. The predicted molar refractivity (Wildman–Crippen MR) is 77.6 cm³/mol. The van der Waals surface area contributed by atoms with E-state index >= 15 is 0 Å². The number of halogens is 1. The van der Waals surface area contributed by atoms with Gasteiger partial charge in [0.25, 0.3) is 5.91 Å². The lowest BCUT2D eigenvalue weighted by molar-refractivity contribution is 0.103. The molecule has 3 nitrogen and oxygen atoms in total. The van der Waals surface area contributed by atoms with Crippen LogP contribution in [0.3, 0.4) is 0 Å². The van der Waals surface area contributed by atoms with Crippen LogP contribution in [-0.2, 0) is 0 Å². The molecule has 2 rings (SSSR count). The Balaban J connectivity index is 2.31. The molecule has 0 aliphatic rings. The van der Waals surface area contributed by atoms with Crippen molar-refractivity contribution in [2.24, 2.45) is 0 Å². The van der Waals surface area contributed by atoms with E-state index in [0.29, 0.717) is 15.6 Å². The summed E-state index contributed by atoms with van der Waals surface area (Å²) in [5, 5.41) is 5.15. The topological polar surface area (TPSA) is 55.1 Å². The van der Waals surface area contributed by atoms with Crippen molar-refractivity contribution in [2.45, 2.75) is 13.8 Å². The highest BCUT2D eigenvalue weighted by Crippen LogP contribution is 2.27. The van der Waals surface area contributed by atoms with Crippen molar-refractivity contribution in [1.82, 2.24) is 0 Å². The normalized spacial score (nSPS) is 10.4. The Labute approximate surface area is 115 Å². The Morgan fingerprint density at radius 3 is 2.44 bits per heavy atom. The van der Waals surface area contributed by atoms with Crippen LogP contribution in [0.1, 0.15) is 20.8 Å². The fourth-order valence-electron chi connectivity index (χ4n) is 1.82. The molecule has 0 saturated heterocycles. The Kier molecular flexibility index (Phi) is 3.59. The van der Waals surface area contributed by atoms with Gasteiger partial charge in [0.05, 0.1) is 5.02 Å². The molecule has 0 spiro atoms. The van der Waals surface area contributed by atoms with Gasteiger partial charge in [-0.1, -0.05) is 11.6 Å². The molecule has 0 saturated carbocycles. The quantitative estimate of drug-likeness (QED) is 0.821. The highest BCUT2D eigenvalue weighted by Gasteiger charge is 2.14. The van der Waals surface area contributed by atoms with Crippen LogP contribution in [0.15, 0.2) is 23.6 Å². The fraction of sp³-hybridized carbons (Fsp3) is 0.154. The maximum absolute atomic E-state index is 12.1. The molecule has 5 heteroatoms. The van der Waals surface area contributed by atoms with E-state index in [9.17, 15) is 4.79 Å². The molecule has 3 N–H and O–H groups in total. The van der Waals surface area contributed by atoms with Crippen LogP contribution in [0, 0.1) is 13.8 Å². The molecule has 1 heterocycles. The second-order valence-corrected chi connectivity index (χ2v) is 5.40. The van der Waals surface area contributed by atoms with E-state index in [-0.39, 0.29) is 5.91 Å². The molecule has 2 aromatic rings. The summed E-state index contributed by atoms with van der Waals surface area (Å²) >= 11 is 7.26. The minimum atomic E-state index is -0.189. The molecule has 1 amide bonds. The first-order chi connectivity index (χ1) is 8.49. The average molecular weight is 281 g/mol.